The first-order valence-electron chi connectivity index (χ1n) is 6.60. The molecule has 0 saturated heterocycles. The first kappa shape index (κ1) is 15.0. The molecule has 5 heteroatoms. The lowest BCUT2D eigenvalue weighted by atomic mass is 9.95. The number of rotatable bonds is 5. The van der Waals surface area contributed by atoms with Crippen LogP contribution in [0, 0.1) is 0 Å². The van der Waals surface area contributed by atoms with Crippen LogP contribution in [0.15, 0.2) is 24.0 Å². The molecular weight excluding hydrogens is 278 g/mol. The van der Waals surface area contributed by atoms with Crippen LogP contribution >= 0.6 is 11.6 Å². The van der Waals surface area contributed by atoms with Gasteiger partial charge in [-0.25, -0.2) is 0 Å². The van der Waals surface area contributed by atoms with Crippen molar-refractivity contribution >= 4 is 11.6 Å². The van der Waals surface area contributed by atoms with Crippen LogP contribution in [0.3, 0.4) is 0 Å². The van der Waals surface area contributed by atoms with E-state index in [4.69, 9.17) is 25.8 Å². The molecule has 0 aliphatic carbocycles. The van der Waals surface area contributed by atoms with Crippen LogP contribution in [-0.4, -0.2) is 27.9 Å². The maximum Gasteiger partial charge on any atom is 0.179 e. The molecule has 0 saturated carbocycles. The summed E-state index contributed by atoms with van der Waals surface area (Å²) in [6, 6.07) is 3.91. The second-order valence-corrected chi connectivity index (χ2v) is 5.03. The van der Waals surface area contributed by atoms with E-state index < -0.39 is 0 Å². The third kappa shape index (κ3) is 3.02. The zero-order valence-corrected chi connectivity index (χ0v) is 12.8. The monoisotopic (exact) mass is 297 g/mol. The summed E-state index contributed by atoms with van der Waals surface area (Å²) < 4.78 is 16.0. The smallest absolute Gasteiger partial charge is 0.179 e. The first-order valence-corrected chi connectivity index (χ1v) is 6.98. The van der Waals surface area contributed by atoms with Gasteiger partial charge in [0.05, 0.1) is 38.2 Å². The molecule has 0 bridgehead atoms. The maximum absolute atomic E-state index is 6.27. The molecule has 1 unspecified atom stereocenters. The van der Waals surface area contributed by atoms with E-state index in [2.05, 4.69) is 5.32 Å². The van der Waals surface area contributed by atoms with Crippen LogP contribution in [0.4, 0.5) is 0 Å². The van der Waals surface area contributed by atoms with Gasteiger partial charge in [-0.15, -0.1) is 0 Å². The van der Waals surface area contributed by atoms with E-state index in [-0.39, 0.29) is 6.04 Å². The largest absolute Gasteiger partial charge is 0.501 e. The van der Waals surface area contributed by atoms with Crippen molar-refractivity contribution in [3.8, 4) is 11.5 Å². The number of hydrogen-bond acceptors (Lipinski definition) is 4. The van der Waals surface area contributed by atoms with E-state index in [0.717, 1.165) is 25.0 Å². The quantitative estimate of drug-likeness (QED) is 0.905. The minimum Gasteiger partial charge on any atom is -0.501 e. The molecule has 1 heterocycles. The standard InChI is InChI=1S/C15H20ClNO3/c1-17-14(10-5-4-6-20-9-10)11-7-12(16)15(19-3)13(8-11)18-2/h7-9,14,17H,4-6H2,1-3H3. The maximum atomic E-state index is 6.27. The molecule has 1 aromatic rings. The Morgan fingerprint density at radius 1 is 1.30 bits per heavy atom. The molecule has 0 spiro atoms. The molecule has 0 amide bonds. The summed E-state index contributed by atoms with van der Waals surface area (Å²) in [6.45, 7) is 0.784. The Morgan fingerprint density at radius 3 is 2.65 bits per heavy atom. The number of likely N-dealkylation sites (N-methyl/N-ethyl adjacent to an activating group) is 1. The van der Waals surface area contributed by atoms with Crippen molar-refractivity contribution in [3.63, 3.8) is 0 Å². The Kier molecular flexibility index (Phi) is 5.15. The highest BCUT2D eigenvalue weighted by Gasteiger charge is 2.21. The molecular formula is C15H20ClNO3. The Labute approximate surface area is 124 Å². The van der Waals surface area contributed by atoms with Gasteiger partial charge in [0.2, 0.25) is 0 Å². The SMILES string of the molecule is CNC(C1=COCCC1)c1cc(Cl)c(OC)c(OC)c1. The zero-order valence-electron chi connectivity index (χ0n) is 12.0. The van der Waals surface area contributed by atoms with E-state index in [0.29, 0.717) is 16.5 Å². The van der Waals surface area contributed by atoms with Gasteiger partial charge >= 0.3 is 0 Å². The molecule has 1 aliphatic heterocycles. The molecule has 0 radical (unpaired) electrons. The van der Waals surface area contributed by atoms with Crippen molar-refractivity contribution < 1.29 is 14.2 Å². The molecule has 110 valence electrons. The lowest BCUT2D eigenvalue weighted by Gasteiger charge is -2.24. The second-order valence-electron chi connectivity index (χ2n) is 4.63. The minimum absolute atomic E-state index is 0.0626. The van der Waals surface area contributed by atoms with Crippen molar-refractivity contribution in [3.05, 3.63) is 34.6 Å². The number of methoxy groups -OCH3 is 2. The molecule has 1 aromatic carbocycles. The van der Waals surface area contributed by atoms with E-state index in [9.17, 15) is 0 Å². The van der Waals surface area contributed by atoms with Crippen molar-refractivity contribution in [2.24, 2.45) is 0 Å². The van der Waals surface area contributed by atoms with Crippen molar-refractivity contribution in [1.82, 2.24) is 5.32 Å². The summed E-state index contributed by atoms with van der Waals surface area (Å²) in [7, 11) is 5.11. The van der Waals surface area contributed by atoms with Crippen molar-refractivity contribution in [1.29, 1.82) is 0 Å². The second kappa shape index (κ2) is 6.86. The number of benzene rings is 1. The van der Waals surface area contributed by atoms with E-state index in [1.54, 1.807) is 14.2 Å². The van der Waals surface area contributed by atoms with Gasteiger partial charge in [-0.05, 0) is 43.2 Å². The Hall–Kier alpha value is -1.39. The topological polar surface area (TPSA) is 39.7 Å². The van der Waals surface area contributed by atoms with Crippen LogP contribution in [0.1, 0.15) is 24.4 Å². The molecule has 1 atom stereocenters. The molecule has 2 rings (SSSR count). The predicted octanol–water partition coefficient (Wildman–Crippen LogP) is 3.31. The zero-order chi connectivity index (χ0) is 14.5. The van der Waals surface area contributed by atoms with Gasteiger partial charge in [-0.1, -0.05) is 11.6 Å². The fourth-order valence-electron chi connectivity index (χ4n) is 2.47. The lowest BCUT2D eigenvalue weighted by molar-refractivity contribution is 0.220. The van der Waals surface area contributed by atoms with Gasteiger partial charge in [0, 0.05) is 0 Å². The average Bonchev–Trinajstić information content (AvgIpc) is 2.48. The third-order valence-electron chi connectivity index (χ3n) is 3.41. The number of hydrogen-bond donors (Lipinski definition) is 1. The summed E-state index contributed by atoms with van der Waals surface area (Å²) >= 11 is 6.27. The Bertz CT molecular complexity index is 502. The lowest BCUT2D eigenvalue weighted by Crippen LogP contribution is -2.21. The Balaban J connectivity index is 2.39. The minimum atomic E-state index is 0.0626. The molecule has 4 nitrogen and oxygen atoms in total. The van der Waals surface area contributed by atoms with Gasteiger partial charge in [0.1, 0.15) is 0 Å². The average molecular weight is 298 g/mol. The summed E-state index contributed by atoms with van der Waals surface area (Å²) in [5, 5.41) is 3.84. The van der Waals surface area contributed by atoms with Gasteiger partial charge in [-0.2, -0.15) is 0 Å². The van der Waals surface area contributed by atoms with Gasteiger partial charge < -0.3 is 19.5 Å². The number of halogens is 1. The number of ether oxygens (including phenoxy) is 3. The molecule has 1 aliphatic rings. The van der Waals surface area contributed by atoms with E-state index in [1.807, 2.05) is 25.4 Å². The van der Waals surface area contributed by atoms with E-state index in [1.165, 1.54) is 5.57 Å². The van der Waals surface area contributed by atoms with Crippen LogP contribution in [-0.2, 0) is 4.74 Å². The first-order chi connectivity index (χ1) is 9.71. The summed E-state index contributed by atoms with van der Waals surface area (Å²) in [5.74, 6) is 1.19. The van der Waals surface area contributed by atoms with Crippen LogP contribution in [0.25, 0.3) is 0 Å². The number of nitrogens with one attached hydrogen (secondary N) is 1. The highest BCUT2D eigenvalue weighted by Crippen LogP contribution is 2.39. The molecule has 1 N–H and O–H groups in total. The highest BCUT2D eigenvalue weighted by molar-refractivity contribution is 6.32. The Morgan fingerprint density at radius 2 is 2.10 bits per heavy atom. The van der Waals surface area contributed by atoms with Gasteiger partial charge in [0.25, 0.3) is 0 Å². The van der Waals surface area contributed by atoms with Crippen molar-refractivity contribution in [2.75, 3.05) is 27.9 Å². The third-order valence-corrected chi connectivity index (χ3v) is 3.69. The van der Waals surface area contributed by atoms with Crippen LogP contribution in [0.5, 0.6) is 11.5 Å². The van der Waals surface area contributed by atoms with Gasteiger partial charge in [-0.3, -0.25) is 0 Å². The summed E-state index contributed by atoms with van der Waals surface area (Å²) in [4.78, 5) is 0. The highest BCUT2D eigenvalue weighted by atomic mass is 35.5. The summed E-state index contributed by atoms with van der Waals surface area (Å²) in [5.41, 5.74) is 2.24. The molecule has 20 heavy (non-hydrogen) atoms. The van der Waals surface area contributed by atoms with E-state index >= 15 is 0 Å². The van der Waals surface area contributed by atoms with Crippen LogP contribution < -0.4 is 14.8 Å². The predicted molar refractivity (Wildman–Crippen MR) is 79.6 cm³/mol. The van der Waals surface area contributed by atoms with Crippen LogP contribution in [0.2, 0.25) is 5.02 Å². The molecule has 0 fully saturated rings. The van der Waals surface area contributed by atoms with Crippen molar-refractivity contribution in [2.45, 2.75) is 18.9 Å². The fraction of sp³-hybridized carbons (Fsp3) is 0.467. The molecule has 0 aromatic heterocycles. The fourth-order valence-corrected chi connectivity index (χ4v) is 2.76. The van der Waals surface area contributed by atoms with Gasteiger partial charge in [0.15, 0.2) is 11.5 Å². The normalized spacial score (nSPS) is 16.1. The summed E-state index contributed by atoms with van der Waals surface area (Å²) in [6.07, 6.45) is 3.89.